The minimum Gasteiger partial charge on any atom is -0.410 e. The summed E-state index contributed by atoms with van der Waals surface area (Å²) in [6.45, 7) is 21.3. The van der Waals surface area contributed by atoms with Crippen molar-refractivity contribution < 1.29 is 28.5 Å². The first-order valence-corrected chi connectivity index (χ1v) is 20.8. The SMILES string of the molecule is COCO[C@@H]1[C@@H]2O[C@H](OCc3ccccc3)[C@@H](C)[C@@H]2[C@H]2C/C=C(\C)[C@H](O[Si](C)(C)C(C)(C)C)CC/C(C)=C/CC/C(C)=C/C[C@@]21CO. The maximum Gasteiger partial charge on any atom is 0.192 e. The van der Waals surface area contributed by atoms with E-state index < -0.39 is 13.7 Å². The standard InChI is InChI=1S/C40H64O6Si/c1-28-15-14-16-29(2)23-24-40(26-41)33(21-20-30(3)34(22-19-28)46-47(9,10)39(5,6)7)35-31(4)38(43-25-32-17-12-11-13-18-32)45-36(35)37(40)44-27-42-8/h11-13,15,17-18,20,23,31,33-38,41H,14,16,19,21-22,24-27H2,1-10H3/b28-15+,29-23+,30-20+/t31-,33+,34+,35+,36+,37+,38-,40+/m0/s1. The molecule has 0 aromatic heterocycles. The van der Waals surface area contributed by atoms with Crippen LogP contribution in [0.2, 0.25) is 18.1 Å². The molecule has 1 heterocycles. The Bertz CT molecular complexity index is 1230. The van der Waals surface area contributed by atoms with E-state index in [0.717, 1.165) is 44.1 Å². The van der Waals surface area contributed by atoms with Crippen molar-refractivity contribution in [1.82, 2.24) is 0 Å². The fourth-order valence-electron chi connectivity index (χ4n) is 7.75. The number of methoxy groups -OCH3 is 1. The van der Waals surface area contributed by atoms with Gasteiger partial charge in [-0.3, -0.25) is 0 Å². The van der Waals surface area contributed by atoms with Crippen LogP contribution in [0, 0.1) is 23.2 Å². The Hall–Kier alpha value is -1.58. The zero-order chi connectivity index (χ0) is 34.4. The molecule has 2 aliphatic carbocycles. The molecule has 1 N–H and O–H groups in total. The van der Waals surface area contributed by atoms with E-state index in [4.69, 9.17) is 23.4 Å². The molecule has 1 aliphatic heterocycles. The van der Waals surface area contributed by atoms with Gasteiger partial charge < -0.3 is 28.5 Å². The van der Waals surface area contributed by atoms with Gasteiger partial charge in [0.25, 0.3) is 0 Å². The average Bonchev–Trinajstić information content (AvgIpc) is 3.48. The van der Waals surface area contributed by atoms with E-state index >= 15 is 0 Å². The van der Waals surface area contributed by atoms with Crippen LogP contribution in [-0.4, -0.2) is 58.5 Å². The lowest BCUT2D eigenvalue weighted by Gasteiger charge is -2.41. The molecule has 0 amide bonds. The van der Waals surface area contributed by atoms with Gasteiger partial charge in [0.2, 0.25) is 0 Å². The lowest BCUT2D eigenvalue weighted by Crippen LogP contribution is -2.46. The highest BCUT2D eigenvalue weighted by atomic mass is 28.4. The third-order valence-corrected chi connectivity index (χ3v) is 16.3. The van der Waals surface area contributed by atoms with Crippen LogP contribution in [0.15, 0.2) is 65.3 Å². The number of benzene rings is 1. The minimum atomic E-state index is -2.01. The summed E-state index contributed by atoms with van der Waals surface area (Å²) in [7, 11) is -0.357. The molecule has 47 heavy (non-hydrogen) atoms. The van der Waals surface area contributed by atoms with Gasteiger partial charge in [-0.25, -0.2) is 0 Å². The van der Waals surface area contributed by atoms with Crippen LogP contribution in [0.4, 0.5) is 0 Å². The molecule has 1 aromatic rings. The number of ether oxygens (including phenoxy) is 4. The summed E-state index contributed by atoms with van der Waals surface area (Å²) in [5.74, 6) is 0.404. The summed E-state index contributed by atoms with van der Waals surface area (Å²) in [5.41, 5.74) is 4.68. The molecule has 8 atom stereocenters. The number of rotatable bonds is 9. The third-order valence-electron chi connectivity index (χ3n) is 11.8. The Kier molecular flexibility index (Phi) is 13.4. The maximum absolute atomic E-state index is 11.4. The molecule has 2 fully saturated rings. The number of aliphatic hydroxyl groups is 1. The zero-order valence-electron chi connectivity index (χ0n) is 31.0. The van der Waals surface area contributed by atoms with E-state index in [1.54, 1.807) is 7.11 Å². The maximum atomic E-state index is 11.4. The Morgan fingerprint density at radius 1 is 0.979 bits per heavy atom. The average molecular weight is 669 g/mol. The monoisotopic (exact) mass is 668 g/mol. The van der Waals surface area contributed by atoms with Crippen LogP contribution in [0.3, 0.4) is 0 Å². The molecule has 6 nitrogen and oxygen atoms in total. The van der Waals surface area contributed by atoms with Gasteiger partial charge in [0, 0.05) is 18.4 Å². The lowest BCUT2D eigenvalue weighted by atomic mass is 9.68. The second-order valence-corrected chi connectivity index (χ2v) is 20.9. The molecule has 0 spiro atoms. The molecule has 1 saturated heterocycles. The number of allylic oxidation sites excluding steroid dienone is 5. The van der Waals surface area contributed by atoms with Gasteiger partial charge in [-0.1, -0.05) is 87.4 Å². The van der Waals surface area contributed by atoms with Crippen molar-refractivity contribution in [2.45, 2.75) is 136 Å². The Morgan fingerprint density at radius 2 is 1.68 bits per heavy atom. The van der Waals surface area contributed by atoms with Gasteiger partial charge in [0.05, 0.1) is 31.5 Å². The predicted molar refractivity (Wildman–Crippen MR) is 193 cm³/mol. The van der Waals surface area contributed by atoms with E-state index in [1.165, 1.54) is 16.7 Å². The molecule has 3 aliphatic rings. The van der Waals surface area contributed by atoms with E-state index in [9.17, 15) is 5.11 Å². The third kappa shape index (κ3) is 8.96. The van der Waals surface area contributed by atoms with Crippen molar-refractivity contribution in [3.63, 3.8) is 0 Å². The number of fused-ring (bicyclic) bond motifs is 3. The topological polar surface area (TPSA) is 66.4 Å². The van der Waals surface area contributed by atoms with E-state index in [1.807, 2.05) is 18.2 Å². The second-order valence-electron chi connectivity index (χ2n) is 16.1. The van der Waals surface area contributed by atoms with Crippen LogP contribution in [0.1, 0.15) is 92.6 Å². The van der Waals surface area contributed by atoms with Crippen molar-refractivity contribution in [3.8, 4) is 0 Å². The Balaban J connectivity index is 1.73. The fraction of sp³-hybridized carbons (Fsp3) is 0.700. The van der Waals surface area contributed by atoms with Gasteiger partial charge in [-0.2, -0.15) is 0 Å². The second kappa shape index (κ2) is 16.4. The van der Waals surface area contributed by atoms with Gasteiger partial charge in [-0.15, -0.1) is 0 Å². The van der Waals surface area contributed by atoms with Crippen LogP contribution in [0.5, 0.6) is 0 Å². The summed E-state index contributed by atoms with van der Waals surface area (Å²) >= 11 is 0. The molecule has 4 rings (SSSR count). The quantitative estimate of drug-likeness (QED) is 0.161. The normalized spacial score (nSPS) is 36.1. The number of hydrogen-bond donors (Lipinski definition) is 1. The van der Waals surface area contributed by atoms with Crippen molar-refractivity contribution in [2.75, 3.05) is 20.5 Å². The van der Waals surface area contributed by atoms with Crippen molar-refractivity contribution in [1.29, 1.82) is 0 Å². The van der Waals surface area contributed by atoms with Crippen molar-refractivity contribution >= 4 is 8.32 Å². The van der Waals surface area contributed by atoms with Crippen LogP contribution in [0.25, 0.3) is 0 Å². The van der Waals surface area contributed by atoms with Crippen LogP contribution >= 0.6 is 0 Å². The number of hydrogen-bond acceptors (Lipinski definition) is 6. The summed E-state index contributed by atoms with van der Waals surface area (Å²) in [5, 5.41) is 11.6. The molecule has 0 bridgehead atoms. The highest BCUT2D eigenvalue weighted by Gasteiger charge is 2.65. The highest BCUT2D eigenvalue weighted by molar-refractivity contribution is 6.74. The Labute approximate surface area is 287 Å². The molecule has 264 valence electrons. The molecular formula is C40H64O6Si. The molecule has 0 radical (unpaired) electrons. The van der Waals surface area contributed by atoms with Gasteiger partial charge in [0.15, 0.2) is 14.6 Å². The first-order chi connectivity index (χ1) is 22.2. The summed E-state index contributed by atoms with van der Waals surface area (Å²) < 4.78 is 32.4. The van der Waals surface area contributed by atoms with Crippen LogP contribution in [-0.2, 0) is 30.0 Å². The van der Waals surface area contributed by atoms with Crippen molar-refractivity contribution in [3.05, 3.63) is 70.8 Å². The first kappa shape index (κ1) is 38.2. The first-order valence-electron chi connectivity index (χ1n) is 17.9. The Morgan fingerprint density at radius 3 is 2.34 bits per heavy atom. The molecule has 7 heteroatoms. The van der Waals surface area contributed by atoms with E-state index in [-0.39, 0.29) is 60.8 Å². The largest absolute Gasteiger partial charge is 0.410 e. The summed E-state index contributed by atoms with van der Waals surface area (Å²) in [4.78, 5) is 0. The lowest BCUT2D eigenvalue weighted by molar-refractivity contribution is -0.209. The summed E-state index contributed by atoms with van der Waals surface area (Å²) in [6, 6.07) is 10.3. The van der Waals surface area contributed by atoms with Gasteiger partial charge in [-0.05, 0) is 100 Å². The minimum absolute atomic E-state index is 0.0181. The van der Waals surface area contributed by atoms with Crippen LogP contribution < -0.4 is 0 Å². The van der Waals surface area contributed by atoms with Gasteiger partial charge in [0.1, 0.15) is 6.79 Å². The molecule has 1 saturated carbocycles. The van der Waals surface area contributed by atoms with E-state index in [0.29, 0.717) is 6.61 Å². The smallest absolute Gasteiger partial charge is 0.192 e. The number of aliphatic hydroxyl groups excluding tert-OH is 1. The van der Waals surface area contributed by atoms with Gasteiger partial charge >= 0.3 is 0 Å². The predicted octanol–water partition coefficient (Wildman–Crippen LogP) is 9.36. The summed E-state index contributed by atoms with van der Waals surface area (Å²) in [6.07, 6.45) is 11.9. The highest BCUT2D eigenvalue weighted by Crippen LogP contribution is 2.60. The molecule has 0 unspecified atom stereocenters. The van der Waals surface area contributed by atoms with E-state index in [2.05, 4.69) is 91.9 Å². The molecule has 1 aromatic carbocycles. The molecular weight excluding hydrogens is 605 g/mol. The zero-order valence-corrected chi connectivity index (χ0v) is 32.0. The fourth-order valence-corrected chi connectivity index (χ4v) is 9.12. The van der Waals surface area contributed by atoms with Crippen molar-refractivity contribution in [2.24, 2.45) is 23.2 Å².